The quantitative estimate of drug-likeness (QED) is 0.419. The second-order valence-corrected chi connectivity index (χ2v) is 13.5. The topological polar surface area (TPSA) is 20.2 Å². The minimum absolute atomic E-state index is 0.0558. The van der Waals surface area contributed by atoms with E-state index in [1.165, 1.54) is 64.2 Å². The number of hydrogen-bond acceptors (Lipinski definition) is 1. The zero-order chi connectivity index (χ0) is 23.0. The summed E-state index contributed by atoms with van der Waals surface area (Å²) < 4.78 is 0. The van der Waals surface area contributed by atoms with Crippen LogP contribution in [0.25, 0.3) is 0 Å². The lowest BCUT2D eigenvalue weighted by atomic mass is 9.53. The Morgan fingerprint density at radius 3 is 2.48 bits per heavy atom. The maximum absolute atomic E-state index is 10.5. The van der Waals surface area contributed by atoms with Gasteiger partial charge in [0.15, 0.2) is 0 Å². The number of allylic oxidation sites excluding steroid dienone is 4. The highest BCUT2D eigenvalue weighted by Gasteiger charge is 2.46. The third kappa shape index (κ3) is 5.51. The molecule has 0 aromatic carbocycles. The van der Waals surface area contributed by atoms with E-state index in [1.807, 2.05) is 5.57 Å². The predicted molar refractivity (Wildman–Crippen MR) is 135 cm³/mol. The molecule has 0 amide bonds. The molecule has 178 valence electrons. The van der Waals surface area contributed by atoms with E-state index in [9.17, 15) is 5.11 Å². The van der Waals surface area contributed by atoms with Crippen LogP contribution in [0.4, 0.5) is 0 Å². The Balaban J connectivity index is 1.59. The van der Waals surface area contributed by atoms with Crippen molar-refractivity contribution < 1.29 is 5.11 Å². The van der Waals surface area contributed by atoms with Crippen LogP contribution in [0.3, 0.4) is 0 Å². The molecule has 2 fully saturated rings. The van der Waals surface area contributed by atoms with Crippen LogP contribution >= 0.6 is 0 Å². The summed E-state index contributed by atoms with van der Waals surface area (Å²) in [6.45, 7) is 19.3. The number of hydrogen-bond donors (Lipinski definition) is 1. The molecule has 0 aromatic heterocycles. The van der Waals surface area contributed by atoms with Crippen LogP contribution in [0.2, 0.25) is 0 Å². The largest absolute Gasteiger partial charge is 0.393 e. The Bertz CT molecular complexity index is 693. The van der Waals surface area contributed by atoms with Crippen LogP contribution in [0.1, 0.15) is 126 Å². The van der Waals surface area contributed by atoms with Crippen molar-refractivity contribution in [3.05, 3.63) is 22.8 Å². The normalized spacial score (nSPS) is 38.2. The second kappa shape index (κ2) is 9.36. The van der Waals surface area contributed by atoms with Crippen molar-refractivity contribution in [1.82, 2.24) is 0 Å². The van der Waals surface area contributed by atoms with Crippen LogP contribution in [0.5, 0.6) is 0 Å². The Kier molecular flexibility index (Phi) is 7.57. The lowest BCUT2D eigenvalue weighted by molar-refractivity contribution is -0.0561. The molecule has 0 heterocycles. The Hall–Kier alpha value is -0.560. The predicted octanol–water partition coefficient (Wildman–Crippen LogP) is 8.87. The smallest absolute Gasteiger partial charge is 0.0594 e. The standard InChI is InChI=1S/C30H52O/c1-21(12-14-25-23(3)13-15-27(31)29(25,6)7)10-9-11-24-22(2)16-17-30(8)19-18-28(4,5)20-26(24)30/h10,23,25-27,31H,9,11-20H2,1-8H3/b21-10+/t23?,25-,26+,27+,30+/m1/s1. The molecule has 5 atom stereocenters. The molecule has 1 nitrogen and oxygen atoms in total. The molecule has 0 aromatic rings. The summed E-state index contributed by atoms with van der Waals surface area (Å²) in [6.07, 6.45) is 16.4. The molecule has 3 aliphatic rings. The minimum atomic E-state index is -0.131. The summed E-state index contributed by atoms with van der Waals surface area (Å²) in [6, 6.07) is 0. The minimum Gasteiger partial charge on any atom is -0.393 e. The summed E-state index contributed by atoms with van der Waals surface area (Å²) in [5, 5.41) is 10.5. The first-order valence-electron chi connectivity index (χ1n) is 13.4. The summed E-state index contributed by atoms with van der Waals surface area (Å²) in [7, 11) is 0. The monoisotopic (exact) mass is 428 g/mol. The third-order valence-corrected chi connectivity index (χ3v) is 10.2. The highest BCUT2D eigenvalue weighted by Crippen LogP contribution is 2.57. The van der Waals surface area contributed by atoms with Gasteiger partial charge in [-0.2, -0.15) is 0 Å². The van der Waals surface area contributed by atoms with Gasteiger partial charge in [-0.25, -0.2) is 0 Å². The van der Waals surface area contributed by atoms with Crippen molar-refractivity contribution in [2.75, 3.05) is 0 Å². The van der Waals surface area contributed by atoms with E-state index < -0.39 is 0 Å². The zero-order valence-electron chi connectivity index (χ0n) is 22.1. The van der Waals surface area contributed by atoms with E-state index >= 15 is 0 Å². The maximum atomic E-state index is 10.5. The molecule has 0 radical (unpaired) electrons. The van der Waals surface area contributed by atoms with E-state index in [1.54, 1.807) is 11.1 Å². The van der Waals surface area contributed by atoms with Crippen molar-refractivity contribution in [3.63, 3.8) is 0 Å². The van der Waals surface area contributed by atoms with Crippen molar-refractivity contribution in [1.29, 1.82) is 0 Å². The molecule has 0 aliphatic heterocycles. The fourth-order valence-corrected chi connectivity index (χ4v) is 7.45. The summed E-state index contributed by atoms with van der Waals surface area (Å²) in [5.41, 5.74) is 6.19. The molecule has 2 saturated carbocycles. The van der Waals surface area contributed by atoms with E-state index in [4.69, 9.17) is 0 Å². The van der Waals surface area contributed by atoms with Crippen molar-refractivity contribution in [2.24, 2.45) is 34.0 Å². The van der Waals surface area contributed by atoms with Gasteiger partial charge in [0, 0.05) is 0 Å². The third-order valence-electron chi connectivity index (χ3n) is 10.2. The zero-order valence-corrected chi connectivity index (χ0v) is 22.1. The fourth-order valence-electron chi connectivity index (χ4n) is 7.45. The molecular weight excluding hydrogens is 376 g/mol. The van der Waals surface area contributed by atoms with Gasteiger partial charge < -0.3 is 5.11 Å². The first kappa shape index (κ1) is 25.1. The van der Waals surface area contributed by atoms with Gasteiger partial charge in [-0.05, 0) is 118 Å². The van der Waals surface area contributed by atoms with Crippen LogP contribution in [0, 0.1) is 34.0 Å². The average molecular weight is 429 g/mol. The van der Waals surface area contributed by atoms with Crippen LogP contribution in [-0.4, -0.2) is 11.2 Å². The molecule has 1 heteroatoms. The summed E-state index contributed by atoms with van der Waals surface area (Å²) in [5.74, 6) is 2.17. The molecule has 1 N–H and O–H groups in total. The van der Waals surface area contributed by atoms with Gasteiger partial charge in [0.2, 0.25) is 0 Å². The molecule has 0 spiro atoms. The van der Waals surface area contributed by atoms with E-state index in [-0.39, 0.29) is 11.5 Å². The lowest BCUT2D eigenvalue weighted by Gasteiger charge is -2.52. The molecule has 1 unspecified atom stereocenters. The highest BCUT2D eigenvalue weighted by atomic mass is 16.3. The van der Waals surface area contributed by atoms with Gasteiger partial charge in [-0.15, -0.1) is 0 Å². The van der Waals surface area contributed by atoms with E-state index in [0.29, 0.717) is 16.7 Å². The van der Waals surface area contributed by atoms with Gasteiger partial charge >= 0.3 is 0 Å². The lowest BCUT2D eigenvalue weighted by Crippen LogP contribution is -2.44. The van der Waals surface area contributed by atoms with Crippen LogP contribution in [-0.2, 0) is 0 Å². The fraction of sp³-hybridized carbons (Fsp3) is 0.867. The molecule has 3 rings (SSSR count). The number of aliphatic hydroxyl groups is 1. The molecular formula is C30H52O. The van der Waals surface area contributed by atoms with Gasteiger partial charge in [0.1, 0.15) is 0 Å². The molecule has 0 bridgehead atoms. The van der Waals surface area contributed by atoms with Crippen LogP contribution in [0.15, 0.2) is 22.8 Å². The Labute approximate surface area is 194 Å². The Morgan fingerprint density at radius 1 is 1.06 bits per heavy atom. The molecule has 31 heavy (non-hydrogen) atoms. The Morgan fingerprint density at radius 2 is 1.77 bits per heavy atom. The first-order chi connectivity index (χ1) is 14.4. The second-order valence-electron chi connectivity index (χ2n) is 13.5. The first-order valence-corrected chi connectivity index (χ1v) is 13.4. The average Bonchev–Trinajstić information content (AvgIpc) is 2.68. The summed E-state index contributed by atoms with van der Waals surface area (Å²) >= 11 is 0. The maximum Gasteiger partial charge on any atom is 0.0594 e. The number of rotatable bonds is 6. The van der Waals surface area contributed by atoms with Crippen molar-refractivity contribution in [2.45, 2.75) is 132 Å². The van der Waals surface area contributed by atoms with Crippen molar-refractivity contribution in [3.8, 4) is 0 Å². The van der Waals surface area contributed by atoms with Gasteiger partial charge in [-0.1, -0.05) is 64.3 Å². The SMILES string of the molecule is CC1=C(CC/C=C(\C)CC[C@@H]2C(C)CC[C@H](O)C2(C)C)[C@@H]2CC(C)(C)CC[C@]2(C)CC1. The van der Waals surface area contributed by atoms with Crippen LogP contribution < -0.4 is 0 Å². The number of fused-ring (bicyclic) bond motifs is 1. The molecule has 3 aliphatic carbocycles. The van der Waals surface area contributed by atoms with Gasteiger partial charge in [-0.3, -0.25) is 0 Å². The van der Waals surface area contributed by atoms with E-state index in [0.717, 1.165) is 18.3 Å². The van der Waals surface area contributed by atoms with Gasteiger partial charge in [0.25, 0.3) is 0 Å². The number of aliphatic hydroxyl groups excluding tert-OH is 1. The summed E-state index contributed by atoms with van der Waals surface area (Å²) in [4.78, 5) is 0. The van der Waals surface area contributed by atoms with E-state index in [2.05, 4.69) is 61.5 Å². The molecule has 0 saturated heterocycles. The highest BCUT2D eigenvalue weighted by molar-refractivity contribution is 5.24. The van der Waals surface area contributed by atoms with Gasteiger partial charge in [0.05, 0.1) is 6.10 Å². The van der Waals surface area contributed by atoms with Crippen molar-refractivity contribution >= 4 is 0 Å².